The Morgan fingerprint density at radius 1 is 0.963 bits per heavy atom. The molecule has 1 aromatic heterocycles. The summed E-state index contributed by atoms with van der Waals surface area (Å²) in [6, 6.07) is 18.2. The van der Waals surface area contributed by atoms with Crippen LogP contribution in [-0.4, -0.2) is 18.4 Å². The Morgan fingerprint density at radius 3 is 2.56 bits per heavy atom. The maximum absolute atomic E-state index is 12.6. The van der Waals surface area contributed by atoms with E-state index in [2.05, 4.69) is 10.6 Å². The van der Waals surface area contributed by atoms with E-state index in [1.807, 2.05) is 35.7 Å². The Kier molecular flexibility index (Phi) is 4.89. The van der Waals surface area contributed by atoms with Crippen molar-refractivity contribution < 1.29 is 14.3 Å². The van der Waals surface area contributed by atoms with Crippen molar-refractivity contribution in [2.75, 3.05) is 11.9 Å². The second-order valence-corrected chi connectivity index (χ2v) is 7.16. The van der Waals surface area contributed by atoms with Crippen molar-refractivity contribution >= 4 is 28.8 Å². The first-order valence-electron chi connectivity index (χ1n) is 8.68. The third-order valence-corrected chi connectivity index (χ3v) is 5.28. The summed E-state index contributed by atoms with van der Waals surface area (Å²) in [5.74, 6) is 0.523. The van der Waals surface area contributed by atoms with Gasteiger partial charge in [-0.3, -0.25) is 9.59 Å². The fraction of sp³-hybridized carbons (Fsp3) is 0.143. The molecule has 1 aliphatic rings. The van der Waals surface area contributed by atoms with Crippen molar-refractivity contribution in [3.05, 3.63) is 82.0 Å². The van der Waals surface area contributed by atoms with E-state index in [4.69, 9.17) is 4.74 Å². The summed E-state index contributed by atoms with van der Waals surface area (Å²) in [6.45, 7) is 0.579. The molecule has 0 aliphatic carbocycles. The quantitative estimate of drug-likeness (QED) is 0.713. The van der Waals surface area contributed by atoms with Crippen molar-refractivity contribution in [2.24, 2.45) is 0 Å². The molecule has 0 fully saturated rings. The number of ether oxygens (including phenoxy) is 1. The highest BCUT2D eigenvalue weighted by molar-refractivity contribution is 7.12. The number of fused-ring (bicyclic) bond motifs is 1. The van der Waals surface area contributed by atoms with Crippen molar-refractivity contribution in [3.8, 4) is 5.75 Å². The van der Waals surface area contributed by atoms with Gasteiger partial charge in [-0.15, -0.1) is 11.3 Å². The van der Waals surface area contributed by atoms with E-state index in [9.17, 15) is 9.59 Å². The molecule has 2 amide bonds. The van der Waals surface area contributed by atoms with Crippen molar-refractivity contribution in [1.82, 2.24) is 5.32 Å². The highest BCUT2D eigenvalue weighted by Crippen LogP contribution is 2.31. The van der Waals surface area contributed by atoms with Gasteiger partial charge in [0.2, 0.25) is 0 Å². The van der Waals surface area contributed by atoms with Gasteiger partial charge in [0.1, 0.15) is 5.75 Å². The molecule has 4 rings (SSSR count). The Morgan fingerprint density at radius 2 is 1.78 bits per heavy atom. The van der Waals surface area contributed by atoms with Crippen LogP contribution in [0.15, 0.2) is 66.0 Å². The summed E-state index contributed by atoms with van der Waals surface area (Å²) in [4.78, 5) is 25.3. The minimum absolute atomic E-state index is 0.0688. The smallest absolute Gasteiger partial charge is 0.265 e. The molecule has 1 atom stereocenters. The molecule has 2 heterocycles. The van der Waals surface area contributed by atoms with Crippen LogP contribution in [0.2, 0.25) is 0 Å². The van der Waals surface area contributed by atoms with Crippen LogP contribution in [0, 0.1) is 0 Å². The fourth-order valence-electron chi connectivity index (χ4n) is 3.04. The number of anilines is 1. The molecule has 1 aliphatic heterocycles. The zero-order valence-corrected chi connectivity index (χ0v) is 15.3. The van der Waals surface area contributed by atoms with Crippen LogP contribution in [0.25, 0.3) is 0 Å². The lowest BCUT2D eigenvalue weighted by molar-refractivity contribution is 0.0924. The summed E-state index contributed by atoms with van der Waals surface area (Å²) >= 11 is 1.39. The number of para-hydroxylation sites is 1. The molecule has 27 heavy (non-hydrogen) atoms. The van der Waals surface area contributed by atoms with Crippen LogP contribution in [0.1, 0.15) is 38.1 Å². The number of rotatable bonds is 4. The van der Waals surface area contributed by atoms with E-state index < -0.39 is 0 Å². The van der Waals surface area contributed by atoms with Gasteiger partial charge < -0.3 is 15.4 Å². The van der Waals surface area contributed by atoms with E-state index in [1.54, 1.807) is 30.3 Å². The summed E-state index contributed by atoms with van der Waals surface area (Å²) < 4.78 is 5.63. The summed E-state index contributed by atoms with van der Waals surface area (Å²) in [5, 5.41) is 7.76. The first-order valence-corrected chi connectivity index (χ1v) is 9.56. The third-order valence-electron chi connectivity index (χ3n) is 4.41. The summed E-state index contributed by atoms with van der Waals surface area (Å²) in [6.07, 6.45) is 0.734. The number of benzene rings is 2. The minimum Gasteiger partial charge on any atom is -0.493 e. The lowest BCUT2D eigenvalue weighted by Gasteiger charge is -2.26. The molecule has 5 nitrogen and oxygen atoms in total. The number of nitrogens with one attached hydrogen (secondary N) is 2. The van der Waals surface area contributed by atoms with Gasteiger partial charge >= 0.3 is 0 Å². The molecule has 0 saturated heterocycles. The van der Waals surface area contributed by atoms with Gasteiger partial charge in [0.25, 0.3) is 11.8 Å². The Hall–Kier alpha value is -3.12. The molecule has 2 aromatic carbocycles. The highest BCUT2D eigenvalue weighted by Gasteiger charge is 2.23. The first-order chi connectivity index (χ1) is 13.2. The average Bonchev–Trinajstić information content (AvgIpc) is 3.24. The predicted molar refractivity (Wildman–Crippen MR) is 105 cm³/mol. The molecule has 0 saturated carbocycles. The minimum atomic E-state index is -0.152. The second kappa shape index (κ2) is 7.63. The van der Waals surface area contributed by atoms with E-state index in [-0.39, 0.29) is 17.9 Å². The largest absolute Gasteiger partial charge is 0.493 e. The maximum Gasteiger partial charge on any atom is 0.265 e. The molecule has 0 spiro atoms. The molecule has 6 heteroatoms. The zero-order chi connectivity index (χ0) is 18.6. The van der Waals surface area contributed by atoms with Crippen LogP contribution in [-0.2, 0) is 0 Å². The molecule has 0 radical (unpaired) electrons. The lowest BCUT2D eigenvalue weighted by atomic mass is 10.00. The van der Waals surface area contributed by atoms with Gasteiger partial charge in [-0.1, -0.05) is 24.3 Å². The predicted octanol–water partition coefficient (Wildman–Crippen LogP) is 4.25. The first kappa shape index (κ1) is 17.3. The molecular weight excluding hydrogens is 360 g/mol. The monoisotopic (exact) mass is 378 g/mol. The van der Waals surface area contributed by atoms with E-state index >= 15 is 0 Å². The zero-order valence-electron chi connectivity index (χ0n) is 14.5. The summed E-state index contributed by atoms with van der Waals surface area (Å²) in [7, 11) is 0. The van der Waals surface area contributed by atoms with Crippen molar-refractivity contribution in [2.45, 2.75) is 12.5 Å². The number of hydrogen-bond acceptors (Lipinski definition) is 4. The number of amides is 2. The van der Waals surface area contributed by atoms with Gasteiger partial charge in [-0.2, -0.15) is 0 Å². The third kappa shape index (κ3) is 3.85. The Bertz CT molecular complexity index is 952. The van der Waals surface area contributed by atoms with E-state index in [1.165, 1.54) is 11.3 Å². The van der Waals surface area contributed by atoms with Crippen LogP contribution < -0.4 is 15.4 Å². The normalized spacial score (nSPS) is 15.3. The molecule has 136 valence electrons. The van der Waals surface area contributed by atoms with Gasteiger partial charge in [0.05, 0.1) is 17.5 Å². The van der Waals surface area contributed by atoms with Crippen molar-refractivity contribution in [3.63, 3.8) is 0 Å². The summed E-state index contributed by atoms with van der Waals surface area (Å²) in [5.41, 5.74) is 2.20. The standard InChI is InChI=1S/C21H18N2O3S/c24-20(23-17-11-12-26-18-5-2-1-4-16(17)18)14-7-9-15(10-8-14)22-21(25)19-6-3-13-27-19/h1-10,13,17H,11-12H2,(H,22,25)(H,23,24). The molecule has 0 bridgehead atoms. The van der Waals surface area contributed by atoms with Gasteiger partial charge in [-0.05, 0) is 41.8 Å². The molecule has 1 unspecified atom stereocenters. The fourth-order valence-corrected chi connectivity index (χ4v) is 3.66. The van der Waals surface area contributed by atoms with Crippen molar-refractivity contribution in [1.29, 1.82) is 0 Å². The van der Waals surface area contributed by atoms with E-state index in [0.717, 1.165) is 17.7 Å². The SMILES string of the molecule is O=C(NC1CCOc2ccccc21)c1ccc(NC(=O)c2cccs2)cc1. The topological polar surface area (TPSA) is 67.4 Å². The second-order valence-electron chi connectivity index (χ2n) is 6.21. The van der Waals surface area contributed by atoms with Gasteiger partial charge in [0, 0.05) is 23.2 Å². The molecule has 2 N–H and O–H groups in total. The van der Waals surface area contributed by atoms with Crippen LogP contribution in [0.5, 0.6) is 5.75 Å². The number of carbonyl (C=O) groups is 2. The van der Waals surface area contributed by atoms with Crippen LogP contribution in [0.3, 0.4) is 0 Å². The number of carbonyl (C=O) groups excluding carboxylic acids is 2. The number of hydrogen-bond donors (Lipinski definition) is 2. The van der Waals surface area contributed by atoms with Crippen LogP contribution in [0.4, 0.5) is 5.69 Å². The van der Waals surface area contributed by atoms with Gasteiger partial charge in [-0.25, -0.2) is 0 Å². The Labute approximate surface area is 161 Å². The van der Waals surface area contributed by atoms with Crippen LogP contribution >= 0.6 is 11.3 Å². The maximum atomic E-state index is 12.6. The highest BCUT2D eigenvalue weighted by atomic mass is 32.1. The molecule has 3 aromatic rings. The lowest BCUT2D eigenvalue weighted by Crippen LogP contribution is -2.32. The average molecular weight is 378 g/mol. The number of thiophene rings is 1. The Balaban J connectivity index is 1.42. The van der Waals surface area contributed by atoms with Gasteiger partial charge in [0.15, 0.2) is 0 Å². The molecular formula is C21H18N2O3S. The van der Waals surface area contributed by atoms with E-state index in [0.29, 0.717) is 22.7 Å².